The minimum Gasteiger partial charge on any atom is -0.380 e. The van der Waals surface area contributed by atoms with Gasteiger partial charge in [0.1, 0.15) is 5.78 Å². The first-order valence-electron chi connectivity index (χ1n) is 7.51. The van der Waals surface area contributed by atoms with E-state index < -0.39 is 0 Å². The predicted octanol–water partition coefficient (Wildman–Crippen LogP) is 2.49. The fourth-order valence-electron chi connectivity index (χ4n) is 3.42. The molecule has 18 heavy (non-hydrogen) atoms. The molecular formula is C15H27NO2. The van der Waals surface area contributed by atoms with E-state index in [0.717, 1.165) is 51.4 Å². The SMILES string of the molecule is CCCC1CCC(=O)C(CN(C)C2CCOC2)C1. The van der Waals surface area contributed by atoms with Crippen molar-refractivity contribution < 1.29 is 9.53 Å². The lowest BCUT2D eigenvalue weighted by atomic mass is 9.78. The highest BCUT2D eigenvalue weighted by molar-refractivity contribution is 5.81. The Kier molecular flexibility index (Phi) is 5.19. The van der Waals surface area contributed by atoms with Gasteiger partial charge in [0.2, 0.25) is 0 Å². The van der Waals surface area contributed by atoms with Crippen LogP contribution in [0.25, 0.3) is 0 Å². The van der Waals surface area contributed by atoms with Gasteiger partial charge in [-0.05, 0) is 32.2 Å². The number of rotatable bonds is 5. The molecule has 1 saturated heterocycles. The Labute approximate surface area is 111 Å². The zero-order chi connectivity index (χ0) is 13.0. The smallest absolute Gasteiger partial charge is 0.137 e. The molecule has 0 aromatic heterocycles. The van der Waals surface area contributed by atoms with Crippen molar-refractivity contribution in [3.63, 3.8) is 0 Å². The first kappa shape index (κ1) is 14.0. The molecule has 1 saturated carbocycles. The Morgan fingerprint density at radius 2 is 2.22 bits per heavy atom. The van der Waals surface area contributed by atoms with E-state index in [4.69, 9.17) is 4.74 Å². The third kappa shape index (κ3) is 3.55. The Bertz CT molecular complexity index is 274. The Morgan fingerprint density at radius 1 is 1.39 bits per heavy atom. The molecule has 2 aliphatic rings. The number of carbonyl (C=O) groups is 1. The molecule has 3 heteroatoms. The zero-order valence-corrected chi connectivity index (χ0v) is 11.9. The maximum absolute atomic E-state index is 12.0. The topological polar surface area (TPSA) is 29.5 Å². The largest absolute Gasteiger partial charge is 0.380 e. The van der Waals surface area contributed by atoms with Crippen molar-refractivity contribution in [2.45, 2.75) is 51.5 Å². The molecule has 2 fully saturated rings. The summed E-state index contributed by atoms with van der Waals surface area (Å²) in [6.07, 6.45) is 6.71. The molecule has 2 rings (SSSR count). The van der Waals surface area contributed by atoms with Crippen LogP contribution in [0.2, 0.25) is 0 Å². The van der Waals surface area contributed by atoms with Crippen LogP contribution < -0.4 is 0 Å². The summed E-state index contributed by atoms with van der Waals surface area (Å²) in [6, 6.07) is 0.532. The Balaban J connectivity index is 1.83. The summed E-state index contributed by atoms with van der Waals surface area (Å²) in [5, 5.41) is 0. The van der Waals surface area contributed by atoms with Crippen LogP contribution in [0.1, 0.15) is 45.4 Å². The Hall–Kier alpha value is -0.410. The minimum atomic E-state index is 0.279. The fraction of sp³-hybridized carbons (Fsp3) is 0.933. The first-order chi connectivity index (χ1) is 8.70. The van der Waals surface area contributed by atoms with E-state index in [-0.39, 0.29) is 5.92 Å². The molecule has 0 spiro atoms. The molecule has 0 aromatic carbocycles. The standard InChI is InChI=1S/C15H27NO2/c1-3-4-12-5-6-15(17)13(9-12)10-16(2)14-7-8-18-11-14/h12-14H,3-11H2,1-2H3. The van der Waals surface area contributed by atoms with Gasteiger partial charge in [-0.2, -0.15) is 0 Å². The number of nitrogens with zero attached hydrogens (tertiary/aromatic N) is 1. The summed E-state index contributed by atoms with van der Waals surface area (Å²) in [6.45, 7) is 4.91. The van der Waals surface area contributed by atoms with E-state index >= 15 is 0 Å². The van der Waals surface area contributed by atoms with Gasteiger partial charge in [0.15, 0.2) is 0 Å². The summed E-state index contributed by atoms with van der Waals surface area (Å²) < 4.78 is 5.43. The third-order valence-corrected chi connectivity index (χ3v) is 4.61. The van der Waals surface area contributed by atoms with Crippen molar-refractivity contribution in [3.05, 3.63) is 0 Å². The second-order valence-electron chi connectivity index (χ2n) is 6.05. The molecule has 1 heterocycles. The van der Waals surface area contributed by atoms with E-state index in [1.807, 2.05) is 0 Å². The Morgan fingerprint density at radius 3 is 2.89 bits per heavy atom. The fourth-order valence-corrected chi connectivity index (χ4v) is 3.42. The highest BCUT2D eigenvalue weighted by Gasteiger charge is 2.31. The minimum absolute atomic E-state index is 0.279. The molecular weight excluding hydrogens is 226 g/mol. The highest BCUT2D eigenvalue weighted by Crippen LogP contribution is 2.30. The second kappa shape index (κ2) is 6.67. The van der Waals surface area contributed by atoms with Gasteiger partial charge in [0, 0.05) is 31.5 Å². The number of carbonyl (C=O) groups excluding carboxylic acids is 1. The lowest BCUT2D eigenvalue weighted by molar-refractivity contribution is -0.126. The van der Waals surface area contributed by atoms with Crippen LogP contribution in [0, 0.1) is 11.8 Å². The molecule has 3 nitrogen and oxygen atoms in total. The van der Waals surface area contributed by atoms with E-state index in [2.05, 4.69) is 18.9 Å². The van der Waals surface area contributed by atoms with Crippen LogP contribution in [0.15, 0.2) is 0 Å². The van der Waals surface area contributed by atoms with E-state index in [1.165, 1.54) is 12.8 Å². The number of hydrogen-bond donors (Lipinski definition) is 0. The molecule has 1 aliphatic heterocycles. The lowest BCUT2D eigenvalue weighted by Crippen LogP contribution is -2.40. The number of likely N-dealkylation sites (N-methyl/N-ethyl adjacent to an activating group) is 1. The van der Waals surface area contributed by atoms with Gasteiger partial charge in [-0.1, -0.05) is 19.8 Å². The molecule has 0 aromatic rings. The molecule has 0 radical (unpaired) electrons. The van der Waals surface area contributed by atoms with Crippen LogP contribution in [0.3, 0.4) is 0 Å². The van der Waals surface area contributed by atoms with Crippen molar-refractivity contribution in [1.29, 1.82) is 0 Å². The number of ether oxygens (including phenoxy) is 1. The quantitative estimate of drug-likeness (QED) is 0.754. The monoisotopic (exact) mass is 253 g/mol. The van der Waals surface area contributed by atoms with Gasteiger partial charge in [0.25, 0.3) is 0 Å². The molecule has 0 amide bonds. The van der Waals surface area contributed by atoms with Crippen molar-refractivity contribution in [2.24, 2.45) is 11.8 Å². The van der Waals surface area contributed by atoms with Gasteiger partial charge in [-0.25, -0.2) is 0 Å². The average molecular weight is 253 g/mol. The van der Waals surface area contributed by atoms with Gasteiger partial charge in [-0.15, -0.1) is 0 Å². The normalized spacial score (nSPS) is 33.3. The summed E-state index contributed by atoms with van der Waals surface area (Å²) in [5.74, 6) is 1.56. The zero-order valence-electron chi connectivity index (χ0n) is 11.9. The summed E-state index contributed by atoms with van der Waals surface area (Å²) in [4.78, 5) is 14.4. The van der Waals surface area contributed by atoms with Crippen molar-refractivity contribution in [3.8, 4) is 0 Å². The van der Waals surface area contributed by atoms with Crippen LogP contribution in [-0.2, 0) is 9.53 Å². The predicted molar refractivity (Wildman–Crippen MR) is 72.6 cm³/mol. The average Bonchev–Trinajstić information content (AvgIpc) is 2.87. The van der Waals surface area contributed by atoms with E-state index in [1.54, 1.807) is 0 Å². The van der Waals surface area contributed by atoms with Crippen LogP contribution >= 0.6 is 0 Å². The van der Waals surface area contributed by atoms with E-state index in [9.17, 15) is 4.79 Å². The molecule has 1 aliphatic carbocycles. The van der Waals surface area contributed by atoms with Gasteiger partial charge >= 0.3 is 0 Å². The van der Waals surface area contributed by atoms with Gasteiger partial charge in [0.05, 0.1) is 6.61 Å². The van der Waals surface area contributed by atoms with E-state index in [0.29, 0.717) is 11.8 Å². The first-order valence-corrected chi connectivity index (χ1v) is 7.51. The number of hydrogen-bond acceptors (Lipinski definition) is 3. The molecule has 3 unspecified atom stereocenters. The van der Waals surface area contributed by atoms with Gasteiger partial charge < -0.3 is 9.64 Å². The van der Waals surface area contributed by atoms with Crippen molar-refractivity contribution >= 4 is 5.78 Å². The van der Waals surface area contributed by atoms with Gasteiger partial charge in [-0.3, -0.25) is 4.79 Å². The highest BCUT2D eigenvalue weighted by atomic mass is 16.5. The molecule has 104 valence electrons. The maximum atomic E-state index is 12.0. The second-order valence-corrected chi connectivity index (χ2v) is 6.05. The molecule has 3 atom stereocenters. The van der Waals surface area contributed by atoms with Crippen LogP contribution in [0.5, 0.6) is 0 Å². The third-order valence-electron chi connectivity index (χ3n) is 4.61. The molecule has 0 N–H and O–H groups in total. The lowest BCUT2D eigenvalue weighted by Gasteiger charge is -2.32. The summed E-state index contributed by atoms with van der Waals surface area (Å²) in [5.41, 5.74) is 0. The summed E-state index contributed by atoms with van der Waals surface area (Å²) >= 11 is 0. The van der Waals surface area contributed by atoms with Crippen molar-refractivity contribution in [1.82, 2.24) is 4.90 Å². The van der Waals surface area contributed by atoms with Crippen LogP contribution in [-0.4, -0.2) is 43.5 Å². The number of Topliss-reactive ketones (excluding diaryl/α,β-unsaturated/α-hetero) is 1. The maximum Gasteiger partial charge on any atom is 0.137 e. The van der Waals surface area contributed by atoms with Crippen LogP contribution in [0.4, 0.5) is 0 Å². The summed E-state index contributed by atoms with van der Waals surface area (Å²) in [7, 11) is 2.15. The molecule has 0 bridgehead atoms. The number of ketones is 1. The van der Waals surface area contributed by atoms with Crippen molar-refractivity contribution in [2.75, 3.05) is 26.8 Å².